The highest BCUT2D eigenvalue weighted by molar-refractivity contribution is 6.36. The molecule has 0 aliphatic carbocycles. The first kappa shape index (κ1) is 32.9. The van der Waals surface area contributed by atoms with Crippen LogP contribution in [0.25, 0.3) is 15.6 Å². The number of anilines is 2. The summed E-state index contributed by atoms with van der Waals surface area (Å²) >= 11 is 6.68. The largest absolute Gasteiger partial charge is 0.462 e. The van der Waals surface area contributed by atoms with Crippen molar-refractivity contribution >= 4 is 39.8 Å². The van der Waals surface area contributed by atoms with Gasteiger partial charge >= 0.3 is 6.01 Å². The van der Waals surface area contributed by atoms with E-state index in [4.69, 9.17) is 37.6 Å². The Bertz CT molecular complexity index is 1690. The van der Waals surface area contributed by atoms with Crippen LogP contribution in [0.15, 0.2) is 48.6 Å². The number of alkyl halides is 2. The number of piperazine rings is 1. The lowest BCUT2D eigenvalue weighted by Crippen LogP contribution is -2.56. The number of benzene rings is 2. The number of carbonyl (C=O) groups is 1. The van der Waals surface area contributed by atoms with Crippen molar-refractivity contribution in [1.29, 1.82) is 0 Å². The summed E-state index contributed by atoms with van der Waals surface area (Å²) in [6.07, 6.45) is 3.52. The Kier molecular flexibility index (Phi) is 9.77. The van der Waals surface area contributed by atoms with E-state index in [-0.39, 0.29) is 44.1 Å². The zero-order valence-electron chi connectivity index (χ0n) is 26.5. The van der Waals surface area contributed by atoms with Gasteiger partial charge in [0.15, 0.2) is 0 Å². The summed E-state index contributed by atoms with van der Waals surface area (Å²) in [7, 11) is 3.23. The van der Waals surface area contributed by atoms with E-state index in [2.05, 4.69) is 20.7 Å². The van der Waals surface area contributed by atoms with Gasteiger partial charge < -0.3 is 29.0 Å². The van der Waals surface area contributed by atoms with E-state index < -0.39 is 12.0 Å². The summed E-state index contributed by atoms with van der Waals surface area (Å²) in [6, 6.07) is 11.3. The van der Waals surface area contributed by atoms with Gasteiger partial charge in [-0.15, -0.1) is 0 Å². The summed E-state index contributed by atoms with van der Waals surface area (Å²) in [5.41, 5.74) is 2.76. The second kappa shape index (κ2) is 14.0. The van der Waals surface area contributed by atoms with Crippen molar-refractivity contribution in [3.8, 4) is 6.01 Å². The number of rotatable bonds is 9. The fourth-order valence-electron chi connectivity index (χ4n) is 6.82. The number of ether oxygens (including phenoxy) is 2. The average Bonchev–Trinajstić information content (AvgIpc) is 3.33. The van der Waals surface area contributed by atoms with E-state index in [1.807, 2.05) is 30.3 Å². The lowest BCUT2D eigenvalue weighted by molar-refractivity contribution is -0.128. The molecule has 2 atom stereocenters. The monoisotopic (exact) mass is 665 g/mol. The van der Waals surface area contributed by atoms with Gasteiger partial charge in [0.1, 0.15) is 18.5 Å². The summed E-state index contributed by atoms with van der Waals surface area (Å²) in [6.45, 7) is 10.2. The van der Waals surface area contributed by atoms with Gasteiger partial charge in [0, 0.05) is 68.5 Å². The normalized spacial score (nSPS) is 21.3. The van der Waals surface area contributed by atoms with Crippen LogP contribution in [0.2, 0.25) is 5.02 Å². The number of aromatic nitrogens is 2. The molecule has 10 nitrogen and oxygen atoms in total. The smallest absolute Gasteiger partial charge is 0.318 e. The van der Waals surface area contributed by atoms with E-state index in [0.29, 0.717) is 56.6 Å². The highest BCUT2D eigenvalue weighted by Gasteiger charge is 2.43. The topological polar surface area (TPSA) is 78.6 Å². The predicted octanol–water partition coefficient (Wildman–Crippen LogP) is 4.70. The first-order valence-corrected chi connectivity index (χ1v) is 16.1. The molecule has 0 saturated carbocycles. The third-order valence-electron chi connectivity index (χ3n) is 9.13. The summed E-state index contributed by atoms with van der Waals surface area (Å²) in [5.74, 6) is -2.23. The number of halogens is 3. The van der Waals surface area contributed by atoms with Crippen LogP contribution in [-0.4, -0.2) is 110 Å². The van der Waals surface area contributed by atoms with Crippen molar-refractivity contribution in [2.45, 2.75) is 37.4 Å². The number of hydrogen-bond acceptors (Lipinski definition) is 8. The van der Waals surface area contributed by atoms with Crippen LogP contribution in [0.5, 0.6) is 6.01 Å². The second-order valence-corrected chi connectivity index (χ2v) is 12.7. The fourth-order valence-corrected chi connectivity index (χ4v) is 7.09. The first-order valence-electron chi connectivity index (χ1n) is 15.7. The standard InChI is InChI=1S/C34H38ClF2N7O3/c1-38-18-25-19-43(14-15-44(25)30(45)11-6-16-46-3)32-26-12-13-42(29-10-5-8-23-7-4-9-27(35)31(23)29)20-28(26)39-33(40-32)47-21-24-17-34(36,37)22-41(24)2/h4-11,24-25H,12-22H2,2-3H3/b11-6+/t24-,25-/m0/s1. The second-order valence-electron chi connectivity index (χ2n) is 12.3. The van der Waals surface area contributed by atoms with Crippen molar-refractivity contribution < 1.29 is 23.0 Å². The minimum Gasteiger partial charge on any atom is -0.462 e. The van der Waals surface area contributed by atoms with Gasteiger partial charge in [0.25, 0.3) is 5.92 Å². The van der Waals surface area contributed by atoms with Gasteiger partial charge in [0.05, 0.1) is 30.4 Å². The lowest BCUT2D eigenvalue weighted by atomic mass is 10.0. The molecule has 4 heterocycles. The molecule has 2 fully saturated rings. The van der Waals surface area contributed by atoms with E-state index in [1.54, 1.807) is 30.0 Å². The van der Waals surface area contributed by atoms with E-state index in [1.165, 1.54) is 6.08 Å². The van der Waals surface area contributed by atoms with Gasteiger partial charge in [0.2, 0.25) is 12.5 Å². The van der Waals surface area contributed by atoms with Crippen LogP contribution < -0.4 is 14.5 Å². The van der Waals surface area contributed by atoms with Crippen LogP contribution in [0.1, 0.15) is 17.7 Å². The maximum atomic E-state index is 14.1. The van der Waals surface area contributed by atoms with Crippen molar-refractivity contribution in [2.75, 3.05) is 76.4 Å². The molecule has 3 aliphatic rings. The number of methoxy groups -OCH3 is 1. The molecular weight excluding hydrogens is 628 g/mol. The molecule has 6 rings (SSSR count). The number of carbonyl (C=O) groups excluding carboxylic acids is 1. The predicted molar refractivity (Wildman–Crippen MR) is 177 cm³/mol. The molecule has 1 amide bonds. The van der Waals surface area contributed by atoms with Crippen LogP contribution in [0.3, 0.4) is 0 Å². The van der Waals surface area contributed by atoms with Crippen LogP contribution in [-0.2, 0) is 22.5 Å². The summed E-state index contributed by atoms with van der Waals surface area (Å²) in [4.78, 5) is 34.0. The van der Waals surface area contributed by atoms with Gasteiger partial charge in [-0.05, 0) is 31.0 Å². The Labute approximate surface area is 278 Å². The zero-order chi connectivity index (χ0) is 33.1. The minimum absolute atomic E-state index is 0.0311. The minimum atomic E-state index is -2.77. The number of amides is 1. The number of hydrogen-bond donors (Lipinski definition) is 0. The van der Waals surface area contributed by atoms with Crippen LogP contribution in [0.4, 0.5) is 20.3 Å². The molecule has 0 unspecified atom stereocenters. The molecule has 3 aliphatic heterocycles. The highest BCUT2D eigenvalue weighted by atomic mass is 35.5. The Morgan fingerprint density at radius 1 is 1.15 bits per heavy atom. The molecule has 2 saturated heterocycles. The SMILES string of the molecule is [C-]#[N+]C[C@H]1CN(c2nc(OC[C@@H]3CC(F)(F)CN3C)nc3c2CCN(c2cccc4cccc(Cl)c24)C3)CCN1C(=O)/C=C/COC. The lowest BCUT2D eigenvalue weighted by Gasteiger charge is -2.41. The van der Waals surface area contributed by atoms with E-state index in [9.17, 15) is 13.6 Å². The van der Waals surface area contributed by atoms with Gasteiger partial charge in [-0.1, -0.05) is 41.9 Å². The molecule has 1 aromatic heterocycles. The third kappa shape index (κ3) is 7.12. The Morgan fingerprint density at radius 3 is 2.70 bits per heavy atom. The van der Waals surface area contributed by atoms with Crippen LogP contribution >= 0.6 is 11.6 Å². The summed E-state index contributed by atoms with van der Waals surface area (Å²) < 4.78 is 39.3. The number of likely N-dealkylation sites (N-methyl/N-ethyl adjacent to an activating group) is 1. The maximum Gasteiger partial charge on any atom is 0.318 e. The molecule has 13 heteroatoms. The van der Waals surface area contributed by atoms with Gasteiger partial charge in [-0.3, -0.25) is 9.69 Å². The van der Waals surface area contributed by atoms with Crippen LogP contribution in [0, 0.1) is 6.57 Å². The van der Waals surface area contributed by atoms with Crippen molar-refractivity contribution in [3.63, 3.8) is 0 Å². The Morgan fingerprint density at radius 2 is 1.96 bits per heavy atom. The quantitative estimate of drug-likeness (QED) is 0.241. The fraction of sp³-hybridized carbons (Fsp3) is 0.471. The summed E-state index contributed by atoms with van der Waals surface area (Å²) in [5, 5.41) is 2.68. The van der Waals surface area contributed by atoms with Gasteiger partial charge in [-0.25, -0.2) is 15.4 Å². The molecule has 47 heavy (non-hydrogen) atoms. The zero-order valence-corrected chi connectivity index (χ0v) is 27.3. The van der Waals surface area contributed by atoms with Crippen molar-refractivity contribution in [3.05, 3.63) is 76.2 Å². The Balaban J connectivity index is 1.31. The average molecular weight is 666 g/mol. The first-order chi connectivity index (χ1) is 22.7. The van der Waals surface area contributed by atoms with E-state index >= 15 is 0 Å². The number of nitrogens with zero attached hydrogens (tertiary/aromatic N) is 7. The highest BCUT2D eigenvalue weighted by Crippen LogP contribution is 2.37. The third-order valence-corrected chi connectivity index (χ3v) is 9.44. The molecule has 248 valence electrons. The molecule has 0 spiro atoms. The number of fused-ring (bicyclic) bond motifs is 2. The molecule has 0 radical (unpaired) electrons. The van der Waals surface area contributed by atoms with Gasteiger partial charge in [-0.2, -0.15) is 9.97 Å². The molecule has 0 bridgehead atoms. The maximum absolute atomic E-state index is 14.1. The van der Waals surface area contributed by atoms with E-state index in [0.717, 1.165) is 27.7 Å². The molecule has 2 aromatic carbocycles. The molecular formula is C34H38ClF2N7O3. The number of likely N-dealkylation sites (tertiary alicyclic amines) is 1. The molecule has 3 aromatic rings. The van der Waals surface area contributed by atoms with Crippen molar-refractivity contribution in [1.82, 2.24) is 19.8 Å². The van der Waals surface area contributed by atoms with Crippen molar-refractivity contribution in [2.24, 2.45) is 0 Å². The Hall–Kier alpha value is -4.05. The molecule has 0 N–H and O–H groups in total.